The lowest BCUT2D eigenvalue weighted by molar-refractivity contribution is -0.347. The smallest absolute Gasteiger partial charge is 0.481 e. The first-order valence-electron chi connectivity index (χ1n) is 10.7. The molecule has 8 atom stereocenters. The van der Waals surface area contributed by atoms with Gasteiger partial charge in [0.1, 0.15) is 12.3 Å². The molecule has 0 aliphatic heterocycles. The Balaban J connectivity index is 1.68. The van der Waals surface area contributed by atoms with Crippen LogP contribution in [0.3, 0.4) is 0 Å². The molecule has 0 aromatic carbocycles. The van der Waals surface area contributed by atoms with Crippen LogP contribution in [0.25, 0.3) is 0 Å². The van der Waals surface area contributed by atoms with E-state index in [0.29, 0.717) is 6.42 Å². The first kappa shape index (κ1) is 25.0. The van der Waals surface area contributed by atoms with Crippen molar-refractivity contribution in [3.05, 3.63) is 0 Å². The third-order valence-corrected chi connectivity index (χ3v) is 7.02. The van der Waals surface area contributed by atoms with E-state index < -0.39 is 78.7 Å². The molecule has 5 nitrogen and oxygen atoms in total. The van der Waals surface area contributed by atoms with Crippen LogP contribution in [0.4, 0.5) is 30.7 Å². The maximum Gasteiger partial charge on any atom is 0.522 e. The Morgan fingerprint density at radius 2 is 1.41 bits per heavy atom. The molecule has 184 valence electrons. The van der Waals surface area contributed by atoms with Crippen molar-refractivity contribution in [2.75, 3.05) is 0 Å². The van der Waals surface area contributed by atoms with Crippen molar-refractivity contribution in [1.29, 1.82) is 0 Å². The Morgan fingerprint density at radius 3 is 1.97 bits per heavy atom. The lowest BCUT2D eigenvalue weighted by atomic mass is 9.68. The molecule has 3 aliphatic carbocycles. The maximum atomic E-state index is 14.9. The van der Waals surface area contributed by atoms with Crippen molar-refractivity contribution in [3.8, 4) is 0 Å². The molecular formula is C20H26F7NO4. The number of carbonyl (C=O) groups excluding carboxylic acids is 1. The Kier molecular flexibility index (Phi) is 7.61. The standard InChI is InChI=1S/C20H26F7NO4/c21-13-12(8-3-1-4-9(7-8)32-20(25,26)27)14(22)16(24)17(15(13)23)28-18(29)10-5-2-6-11(10)19(30)31/h8-17H,1-7H2,(H,28,29)(H,30,31). The zero-order chi connectivity index (χ0) is 23.8. The minimum absolute atomic E-state index is 0.0134. The maximum absolute atomic E-state index is 14.9. The summed E-state index contributed by atoms with van der Waals surface area (Å²) in [7, 11) is 0. The van der Waals surface area contributed by atoms with E-state index in [1.54, 1.807) is 0 Å². The number of alkyl halides is 7. The normalized spacial score (nSPS) is 43.1. The van der Waals surface area contributed by atoms with Crippen molar-refractivity contribution in [1.82, 2.24) is 5.32 Å². The van der Waals surface area contributed by atoms with E-state index in [4.69, 9.17) is 5.11 Å². The SMILES string of the molecule is O=C(O)C1CCCC1C(=O)NC1C(F)C(F)C(C2CCCC(OC(F)(F)F)C2)C(F)C1F. The van der Waals surface area contributed by atoms with Crippen LogP contribution in [0.15, 0.2) is 0 Å². The number of carboxylic acids is 1. The molecule has 0 saturated heterocycles. The van der Waals surface area contributed by atoms with E-state index in [1.165, 1.54) is 0 Å². The van der Waals surface area contributed by atoms with E-state index in [1.807, 2.05) is 5.32 Å². The molecular weight excluding hydrogens is 451 g/mol. The zero-order valence-corrected chi connectivity index (χ0v) is 17.0. The van der Waals surface area contributed by atoms with Gasteiger partial charge in [-0.25, -0.2) is 17.6 Å². The van der Waals surface area contributed by atoms with E-state index in [2.05, 4.69) is 4.74 Å². The summed E-state index contributed by atoms with van der Waals surface area (Å²) in [4.78, 5) is 23.7. The van der Waals surface area contributed by atoms with Gasteiger partial charge in [-0.15, -0.1) is 13.2 Å². The van der Waals surface area contributed by atoms with Crippen LogP contribution in [0.1, 0.15) is 44.9 Å². The predicted octanol–water partition coefficient (Wildman–Crippen LogP) is 4.05. The average Bonchev–Trinajstić information content (AvgIpc) is 3.19. The molecule has 1 amide bonds. The first-order valence-corrected chi connectivity index (χ1v) is 10.7. The number of hydrogen-bond acceptors (Lipinski definition) is 3. The lowest BCUT2D eigenvalue weighted by Gasteiger charge is -2.45. The molecule has 3 rings (SSSR count). The van der Waals surface area contributed by atoms with Crippen molar-refractivity contribution in [2.24, 2.45) is 23.7 Å². The number of amides is 1. The fourth-order valence-corrected chi connectivity index (χ4v) is 5.52. The molecule has 0 aromatic heterocycles. The average molecular weight is 477 g/mol. The summed E-state index contributed by atoms with van der Waals surface area (Å²) in [5.74, 6) is -7.18. The van der Waals surface area contributed by atoms with Crippen molar-refractivity contribution in [2.45, 2.75) is 88.1 Å². The summed E-state index contributed by atoms with van der Waals surface area (Å²) in [5.41, 5.74) is 0. The molecule has 0 spiro atoms. The van der Waals surface area contributed by atoms with Gasteiger partial charge in [0.15, 0.2) is 12.3 Å². The third kappa shape index (κ3) is 5.31. The molecule has 3 saturated carbocycles. The fourth-order valence-electron chi connectivity index (χ4n) is 5.52. The molecule has 3 aliphatic rings. The van der Waals surface area contributed by atoms with Gasteiger partial charge >= 0.3 is 12.3 Å². The van der Waals surface area contributed by atoms with Crippen LogP contribution in [-0.2, 0) is 14.3 Å². The van der Waals surface area contributed by atoms with E-state index >= 15 is 0 Å². The first-order chi connectivity index (χ1) is 14.9. The van der Waals surface area contributed by atoms with E-state index in [0.717, 1.165) is 0 Å². The summed E-state index contributed by atoms with van der Waals surface area (Å²) in [6.07, 6.45) is -15.9. The van der Waals surface area contributed by atoms with Crippen LogP contribution >= 0.6 is 0 Å². The molecule has 8 unspecified atom stereocenters. The minimum atomic E-state index is -4.93. The van der Waals surface area contributed by atoms with Crippen LogP contribution in [0.2, 0.25) is 0 Å². The quantitative estimate of drug-likeness (QED) is 0.586. The molecule has 0 aromatic rings. The summed E-state index contributed by atoms with van der Waals surface area (Å²) in [6, 6.07) is -2.15. The number of carboxylic acid groups (broad SMARTS) is 1. The molecule has 2 N–H and O–H groups in total. The minimum Gasteiger partial charge on any atom is -0.481 e. The van der Waals surface area contributed by atoms with Gasteiger partial charge in [0.25, 0.3) is 0 Å². The molecule has 0 heterocycles. The number of ether oxygens (including phenoxy) is 1. The highest BCUT2D eigenvalue weighted by molar-refractivity contribution is 5.85. The Bertz CT molecular complexity index is 677. The van der Waals surface area contributed by atoms with Gasteiger partial charge in [-0.05, 0) is 38.0 Å². The monoisotopic (exact) mass is 477 g/mol. The number of aliphatic carboxylic acids is 1. The zero-order valence-electron chi connectivity index (χ0n) is 17.0. The van der Waals surface area contributed by atoms with Gasteiger partial charge in [0.05, 0.1) is 24.0 Å². The second-order valence-corrected chi connectivity index (χ2v) is 8.98. The molecule has 3 fully saturated rings. The van der Waals surface area contributed by atoms with E-state index in [9.17, 15) is 40.3 Å². The highest BCUT2D eigenvalue weighted by Gasteiger charge is 2.56. The highest BCUT2D eigenvalue weighted by atomic mass is 19.4. The second-order valence-electron chi connectivity index (χ2n) is 8.98. The van der Waals surface area contributed by atoms with Gasteiger partial charge in [-0.1, -0.05) is 12.8 Å². The Hall–Kier alpha value is -1.59. The molecule has 32 heavy (non-hydrogen) atoms. The van der Waals surface area contributed by atoms with Gasteiger partial charge in [0, 0.05) is 5.92 Å². The van der Waals surface area contributed by atoms with Gasteiger partial charge < -0.3 is 10.4 Å². The highest BCUT2D eigenvalue weighted by Crippen LogP contribution is 2.45. The summed E-state index contributed by atoms with van der Waals surface area (Å²) >= 11 is 0. The summed E-state index contributed by atoms with van der Waals surface area (Å²) < 4.78 is 101. The van der Waals surface area contributed by atoms with Crippen LogP contribution < -0.4 is 5.32 Å². The number of rotatable bonds is 5. The van der Waals surface area contributed by atoms with Gasteiger partial charge in [-0.2, -0.15) is 0 Å². The molecule has 0 radical (unpaired) electrons. The lowest BCUT2D eigenvalue weighted by Crippen LogP contribution is -2.63. The summed E-state index contributed by atoms with van der Waals surface area (Å²) in [5, 5.41) is 11.1. The molecule has 12 heteroatoms. The van der Waals surface area contributed by atoms with Gasteiger partial charge in [0.2, 0.25) is 5.91 Å². The van der Waals surface area contributed by atoms with Crippen LogP contribution in [0, 0.1) is 23.7 Å². The Morgan fingerprint density at radius 1 is 0.844 bits per heavy atom. The fraction of sp³-hybridized carbons (Fsp3) is 0.900. The van der Waals surface area contributed by atoms with Gasteiger partial charge in [-0.3, -0.25) is 14.3 Å². The van der Waals surface area contributed by atoms with Crippen molar-refractivity contribution in [3.63, 3.8) is 0 Å². The van der Waals surface area contributed by atoms with E-state index in [-0.39, 0.29) is 38.5 Å². The Labute approximate surface area is 180 Å². The topological polar surface area (TPSA) is 75.6 Å². The third-order valence-electron chi connectivity index (χ3n) is 7.02. The van der Waals surface area contributed by atoms with Crippen LogP contribution in [-0.4, -0.2) is 60.2 Å². The second kappa shape index (κ2) is 9.72. The van der Waals surface area contributed by atoms with Crippen molar-refractivity contribution >= 4 is 11.9 Å². The van der Waals surface area contributed by atoms with Crippen molar-refractivity contribution < 1.29 is 50.2 Å². The van der Waals surface area contributed by atoms with Crippen LogP contribution in [0.5, 0.6) is 0 Å². The number of halogens is 7. The largest absolute Gasteiger partial charge is 0.522 e. The molecule has 0 bridgehead atoms. The number of carbonyl (C=O) groups is 2. The predicted molar refractivity (Wildman–Crippen MR) is 96.4 cm³/mol. The number of nitrogens with one attached hydrogen (secondary N) is 1. The number of hydrogen-bond donors (Lipinski definition) is 2. The summed E-state index contributed by atoms with van der Waals surface area (Å²) in [6.45, 7) is 0.